The summed E-state index contributed by atoms with van der Waals surface area (Å²) in [5.41, 5.74) is 2.48. The van der Waals surface area contributed by atoms with Crippen LogP contribution in [0.4, 0.5) is 14.5 Å². The van der Waals surface area contributed by atoms with Crippen molar-refractivity contribution in [2.45, 2.75) is 91.4 Å². The summed E-state index contributed by atoms with van der Waals surface area (Å²) in [5.74, 6) is -2.73. The molecule has 1 aromatic rings. The molecule has 2 atom stereocenters. The largest absolute Gasteiger partial charge is 0.355 e. The number of hydrogen-bond donors (Lipinski definition) is 1. The van der Waals surface area contributed by atoms with Crippen molar-refractivity contribution in [1.29, 1.82) is 5.26 Å². The number of amides is 1. The van der Waals surface area contributed by atoms with Crippen LogP contribution in [0.1, 0.15) is 89.7 Å². The minimum absolute atomic E-state index is 0.0306. The van der Waals surface area contributed by atoms with Crippen LogP contribution in [0.5, 0.6) is 0 Å². The smallest absolute Gasteiger partial charge is 0.250 e. The summed E-state index contributed by atoms with van der Waals surface area (Å²) in [6.07, 6.45) is 8.30. The summed E-state index contributed by atoms with van der Waals surface area (Å²) in [7, 11) is 0. The summed E-state index contributed by atoms with van der Waals surface area (Å²) in [5, 5.41) is 11.6. The molecule has 0 aromatic heterocycles. The number of benzene rings is 1. The predicted molar refractivity (Wildman–Crippen MR) is 130 cm³/mol. The second-order valence-corrected chi connectivity index (χ2v) is 9.96. The maximum Gasteiger partial charge on any atom is 0.250 e. The summed E-state index contributed by atoms with van der Waals surface area (Å²) < 4.78 is 28.1. The van der Waals surface area contributed by atoms with Crippen LogP contribution in [0.2, 0.25) is 0 Å². The highest BCUT2D eigenvalue weighted by molar-refractivity contribution is 5.79. The molecule has 0 radical (unpaired) electrons. The molecule has 0 bridgehead atoms. The first-order valence-electron chi connectivity index (χ1n) is 12.3. The molecule has 4 nitrogen and oxygen atoms in total. The molecular weight excluding hydrogens is 420 g/mol. The summed E-state index contributed by atoms with van der Waals surface area (Å²) in [6.45, 7) is 8.48. The van der Waals surface area contributed by atoms with Crippen molar-refractivity contribution < 1.29 is 13.6 Å². The molecule has 0 heterocycles. The summed E-state index contributed by atoms with van der Waals surface area (Å²) >= 11 is 0. The van der Waals surface area contributed by atoms with Crippen molar-refractivity contribution in [2.24, 2.45) is 22.2 Å². The molecule has 0 aliphatic heterocycles. The number of nitriles is 1. The first kappa shape index (κ1) is 27.0. The first-order valence-corrected chi connectivity index (χ1v) is 12.3. The minimum Gasteiger partial charge on any atom is -0.355 e. The Morgan fingerprint density at radius 2 is 2.06 bits per heavy atom. The molecule has 2 unspecified atom stereocenters. The van der Waals surface area contributed by atoms with E-state index in [2.05, 4.69) is 23.3 Å². The first-order chi connectivity index (χ1) is 15.6. The van der Waals surface area contributed by atoms with E-state index < -0.39 is 11.8 Å². The minimum atomic E-state index is -2.52. The Morgan fingerprint density at radius 3 is 2.61 bits per heavy atom. The van der Waals surface area contributed by atoms with E-state index in [0.717, 1.165) is 43.4 Å². The highest BCUT2D eigenvalue weighted by Crippen LogP contribution is 2.48. The highest BCUT2D eigenvalue weighted by Gasteiger charge is 2.48. The zero-order valence-electron chi connectivity index (χ0n) is 20.6. The van der Waals surface area contributed by atoms with Crippen LogP contribution < -0.4 is 5.32 Å². The molecule has 1 aromatic carbocycles. The summed E-state index contributed by atoms with van der Waals surface area (Å²) in [6, 6.07) is 7.55. The zero-order chi connectivity index (χ0) is 24.5. The Morgan fingerprint density at radius 1 is 1.33 bits per heavy atom. The Balaban J connectivity index is 0.000000273. The van der Waals surface area contributed by atoms with E-state index in [1.165, 1.54) is 0 Å². The molecule has 33 heavy (non-hydrogen) atoms. The quantitative estimate of drug-likeness (QED) is 0.441. The Labute approximate surface area is 197 Å². The second-order valence-electron chi connectivity index (χ2n) is 9.96. The van der Waals surface area contributed by atoms with Crippen LogP contribution in [-0.4, -0.2) is 24.6 Å². The summed E-state index contributed by atoms with van der Waals surface area (Å²) in [4.78, 5) is 16.1. The van der Waals surface area contributed by atoms with Crippen molar-refractivity contribution in [3.63, 3.8) is 0 Å². The van der Waals surface area contributed by atoms with Gasteiger partial charge < -0.3 is 5.32 Å². The van der Waals surface area contributed by atoms with E-state index in [0.29, 0.717) is 31.4 Å². The van der Waals surface area contributed by atoms with E-state index in [1.807, 2.05) is 32.9 Å². The number of carbonyl (C=O) groups is 1. The predicted octanol–water partition coefficient (Wildman–Crippen LogP) is 7.12. The third kappa shape index (κ3) is 7.91. The number of aryl methyl sites for hydroxylation is 1. The molecule has 6 heteroatoms. The number of hydrogen-bond acceptors (Lipinski definition) is 3. The van der Waals surface area contributed by atoms with Crippen molar-refractivity contribution in [3.05, 3.63) is 29.3 Å². The number of aliphatic imine (C=N–C) groups is 1. The van der Waals surface area contributed by atoms with Gasteiger partial charge in [-0.05, 0) is 75.1 Å². The van der Waals surface area contributed by atoms with E-state index in [9.17, 15) is 13.6 Å². The van der Waals surface area contributed by atoms with E-state index >= 15 is 0 Å². The van der Waals surface area contributed by atoms with Crippen LogP contribution in [0.3, 0.4) is 0 Å². The lowest BCUT2D eigenvalue weighted by atomic mass is 9.67. The second kappa shape index (κ2) is 12.3. The van der Waals surface area contributed by atoms with Crippen LogP contribution in [0.25, 0.3) is 0 Å². The van der Waals surface area contributed by atoms with Crippen LogP contribution >= 0.6 is 0 Å². The molecule has 0 spiro atoms. The SMILES string of the molecule is CC=Nc1ccc(C#N)cc1C.CCCCC1CC(C)(CNC(=O)C2CCC2)CCC1(F)F. The van der Waals surface area contributed by atoms with Crippen molar-refractivity contribution in [2.75, 3.05) is 6.54 Å². The normalized spacial score (nSPS) is 24.3. The van der Waals surface area contributed by atoms with Gasteiger partial charge in [0.2, 0.25) is 5.91 Å². The van der Waals surface area contributed by atoms with Gasteiger partial charge in [-0.25, -0.2) is 8.78 Å². The van der Waals surface area contributed by atoms with Gasteiger partial charge >= 0.3 is 0 Å². The number of nitrogens with zero attached hydrogens (tertiary/aromatic N) is 2. The molecule has 1 amide bonds. The Hall–Kier alpha value is -2.29. The number of rotatable bonds is 7. The third-order valence-corrected chi connectivity index (χ3v) is 7.06. The number of unbranched alkanes of at least 4 members (excludes halogenated alkanes) is 1. The van der Waals surface area contributed by atoms with Gasteiger partial charge in [0.05, 0.1) is 17.3 Å². The molecule has 1 N–H and O–H groups in total. The van der Waals surface area contributed by atoms with Gasteiger partial charge in [0, 0.05) is 31.0 Å². The van der Waals surface area contributed by atoms with Crippen LogP contribution in [0.15, 0.2) is 23.2 Å². The molecule has 2 aliphatic rings. The number of carbonyl (C=O) groups excluding carboxylic acids is 1. The van der Waals surface area contributed by atoms with Gasteiger partial charge in [-0.3, -0.25) is 9.79 Å². The van der Waals surface area contributed by atoms with Gasteiger partial charge in [0.25, 0.3) is 5.92 Å². The van der Waals surface area contributed by atoms with E-state index in [-0.39, 0.29) is 23.7 Å². The molecule has 0 saturated heterocycles. The number of nitrogens with one attached hydrogen (secondary N) is 1. The van der Waals surface area contributed by atoms with Crippen LogP contribution in [-0.2, 0) is 4.79 Å². The van der Waals surface area contributed by atoms with Gasteiger partial charge in [-0.2, -0.15) is 5.26 Å². The van der Waals surface area contributed by atoms with E-state index in [4.69, 9.17) is 5.26 Å². The van der Waals surface area contributed by atoms with Crippen molar-refractivity contribution in [1.82, 2.24) is 5.32 Å². The molecular formula is C27H39F2N3O. The van der Waals surface area contributed by atoms with Gasteiger partial charge in [0.1, 0.15) is 0 Å². The van der Waals surface area contributed by atoms with E-state index in [1.54, 1.807) is 12.3 Å². The average molecular weight is 460 g/mol. The van der Waals surface area contributed by atoms with Crippen LogP contribution in [0, 0.1) is 35.5 Å². The van der Waals surface area contributed by atoms with Crippen molar-refractivity contribution in [3.8, 4) is 6.07 Å². The topological polar surface area (TPSA) is 65.2 Å². The zero-order valence-corrected chi connectivity index (χ0v) is 20.6. The fourth-order valence-corrected chi connectivity index (χ4v) is 4.57. The fourth-order valence-electron chi connectivity index (χ4n) is 4.57. The van der Waals surface area contributed by atoms with Gasteiger partial charge in [0.15, 0.2) is 0 Å². The molecule has 2 fully saturated rings. The Kier molecular flexibility index (Phi) is 10.0. The molecule has 2 saturated carbocycles. The maximum absolute atomic E-state index is 14.0. The lowest BCUT2D eigenvalue weighted by Crippen LogP contribution is -2.46. The highest BCUT2D eigenvalue weighted by atomic mass is 19.3. The molecule has 3 rings (SSSR count). The number of alkyl halides is 2. The Bertz CT molecular complexity index is 857. The standard InChI is InChI=1S/C17H29F2NO.C10H10N2/c1-3-4-8-14-11-16(2,9-10-17(14,18)19)12-20-15(21)13-6-5-7-13;1-3-12-10-5-4-9(7-11)6-8(10)2/h13-14H,3-12H2,1-2H3,(H,20,21);3-6H,1-2H3. The van der Waals surface area contributed by atoms with Gasteiger partial charge in [-0.1, -0.05) is 33.1 Å². The lowest BCUT2D eigenvalue weighted by molar-refractivity contribution is -0.131. The third-order valence-electron chi connectivity index (χ3n) is 7.06. The monoisotopic (exact) mass is 459 g/mol. The average Bonchev–Trinajstić information content (AvgIpc) is 2.74. The molecule has 182 valence electrons. The fraction of sp³-hybridized carbons (Fsp3) is 0.667. The number of halogens is 2. The van der Waals surface area contributed by atoms with Crippen molar-refractivity contribution >= 4 is 17.8 Å². The maximum atomic E-state index is 14.0. The van der Waals surface area contributed by atoms with Gasteiger partial charge in [-0.15, -0.1) is 0 Å². The molecule has 2 aliphatic carbocycles. The lowest BCUT2D eigenvalue weighted by Gasteiger charge is -2.43.